The molecule has 2 aliphatic rings. The summed E-state index contributed by atoms with van der Waals surface area (Å²) in [6.07, 6.45) is -3.73. The number of likely N-dealkylation sites (tertiary alicyclic amines) is 1. The number of aromatic nitrogens is 2. The third kappa shape index (κ3) is 5.13. The molecule has 1 aliphatic heterocycles. The Hall–Kier alpha value is -3.97. The number of fused-ring (bicyclic) bond motifs is 2. The van der Waals surface area contributed by atoms with Gasteiger partial charge in [0, 0.05) is 18.8 Å². The molecule has 11 nitrogen and oxygen atoms in total. The Kier molecular flexibility index (Phi) is 6.96. The molecule has 5 atom stereocenters. The number of pyridine rings is 1. The number of carbonyl (C=O) groups is 4. The van der Waals surface area contributed by atoms with Gasteiger partial charge < -0.3 is 21.3 Å². The van der Waals surface area contributed by atoms with Crippen LogP contribution in [0.5, 0.6) is 0 Å². The fourth-order valence-corrected chi connectivity index (χ4v) is 5.58. The molecule has 1 saturated carbocycles. The van der Waals surface area contributed by atoms with Gasteiger partial charge in [0.25, 0.3) is 5.56 Å². The molecule has 1 saturated heterocycles. The Morgan fingerprint density at radius 1 is 1.12 bits per heavy atom. The second kappa shape index (κ2) is 9.59. The monoisotopic (exact) mass is 564 g/mol. The van der Waals surface area contributed by atoms with Crippen LogP contribution in [0.2, 0.25) is 0 Å². The van der Waals surface area contributed by atoms with Gasteiger partial charge in [-0.05, 0) is 34.8 Å². The predicted molar refractivity (Wildman–Crippen MR) is 135 cm³/mol. The van der Waals surface area contributed by atoms with Crippen molar-refractivity contribution in [2.24, 2.45) is 28.4 Å². The molecule has 1 unspecified atom stereocenters. The highest BCUT2D eigenvalue weighted by Gasteiger charge is 2.70. The van der Waals surface area contributed by atoms with Gasteiger partial charge >= 0.3 is 12.1 Å². The average Bonchev–Trinajstić information content (AvgIpc) is 3.16. The van der Waals surface area contributed by atoms with Gasteiger partial charge in [-0.3, -0.25) is 28.4 Å². The zero-order chi connectivity index (χ0) is 29.9. The predicted octanol–water partition coefficient (Wildman–Crippen LogP) is 0.913. The molecule has 14 heteroatoms. The smallest absolute Gasteiger partial charge is 0.368 e. The molecule has 4 N–H and O–H groups in total. The summed E-state index contributed by atoms with van der Waals surface area (Å²) in [5, 5.41) is 4.29. The van der Waals surface area contributed by atoms with Gasteiger partial charge in [0.15, 0.2) is 6.04 Å². The van der Waals surface area contributed by atoms with E-state index in [4.69, 9.17) is 5.73 Å². The van der Waals surface area contributed by atoms with Crippen LogP contribution in [0, 0.1) is 22.7 Å². The van der Waals surface area contributed by atoms with E-state index in [1.165, 1.54) is 37.4 Å². The van der Waals surface area contributed by atoms with E-state index in [0.717, 1.165) is 11.0 Å². The number of nitrogens with one attached hydrogen (secondary N) is 2. The molecule has 0 bridgehead atoms. The number of primary amides is 1. The average molecular weight is 565 g/mol. The minimum Gasteiger partial charge on any atom is -0.368 e. The third-order valence-electron chi connectivity index (χ3n) is 7.86. The topological polar surface area (TPSA) is 156 Å². The number of hydrogen-bond donors (Lipinski definition) is 3. The standard InChI is InChI=1S/C26H31F3N6O5/c1-24(2,3)19(33-23(40)26(27,28)29)22(39)35-11-12-16(25(12,4)5)18(35)21(38)32-17(20(30)37)13-10-15(36)34-9-7-6-8-14(34)31-13/h6-10,12,16-19H,11H2,1-5H3,(H2,30,37)(H,32,38)(H,33,40)/t12-,16-,17?,18-,19+/m0/s1. The van der Waals surface area contributed by atoms with Crippen LogP contribution in [0.15, 0.2) is 35.3 Å². The van der Waals surface area contributed by atoms with Crippen LogP contribution in [-0.4, -0.2) is 62.7 Å². The Balaban J connectivity index is 1.65. The van der Waals surface area contributed by atoms with E-state index in [2.05, 4.69) is 10.3 Å². The maximum atomic E-state index is 13.7. The van der Waals surface area contributed by atoms with Gasteiger partial charge in [-0.2, -0.15) is 13.2 Å². The highest BCUT2D eigenvalue weighted by Crippen LogP contribution is 2.65. The maximum absolute atomic E-state index is 13.7. The summed E-state index contributed by atoms with van der Waals surface area (Å²) in [7, 11) is 0. The number of rotatable bonds is 6. The van der Waals surface area contributed by atoms with Crippen LogP contribution >= 0.6 is 0 Å². The summed E-state index contributed by atoms with van der Waals surface area (Å²) >= 11 is 0. The molecule has 0 spiro atoms. The van der Waals surface area contributed by atoms with Crippen molar-refractivity contribution in [3.63, 3.8) is 0 Å². The van der Waals surface area contributed by atoms with Gasteiger partial charge in [0.05, 0.1) is 5.69 Å². The van der Waals surface area contributed by atoms with Crippen LogP contribution < -0.4 is 21.9 Å². The summed E-state index contributed by atoms with van der Waals surface area (Å²) in [5.41, 5.74) is 3.65. The quantitative estimate of drug-likeness (QED) is 0.474. The number of halogens is 3. The second-order valence-electron chi connectivity index (χ2n) is 12.0. The van der Waals surface area contributed by atoms with Crippen molar-refractivity contribution < 1.29 is 32.3 Å². The highest BCUT2D eigenvalue weighted by molar-refractivity contribution is 5.96. The Morgan fingerprint density at radius 3 is 2.35 bits per heavy atom. The van der Waals surface area contributed by atoms with E-state index in [9.17, 15) is 37.1 Å². The van der Waals surface area contributed by atoms with Crippen molar-refractivity contribution >= 4 is 29.3 Å². The lowest BCUT2D eigenvalue weighted by molar-refractivity contribution is -0.176. The molecule has 2 aromatic heterocycles. The van der Waals surface area contributed by atoms with Gasteiger partial charge in [-0.1, -0.05) is 40.7 Å². The van der Waals surface area contributed by atoms with Gasteiger partial charge in [-0.25, -0.2) is 4.98 Å². The number of carbonyl (C=O) groups excluding carboxylic acids is 4. The number of amides is 4. The molecule has 4 amide bonds. The van der Waals surface area contributed by atoms with E-state index < -0.39 is 58.9 Å². The van der Waals surface area contributed by atoms with Crippen LogP contribution in [-0.2, 0) is 19.2 Å². The van der Waals surface area contributed by atoms with Crippen molar-refractivity contribution in [3.8, 4) is 0 Å². The summed E-state index contributed by atoms with van der Waals surface area (Å²) in [6.45, 7) is 8.35. The molecule has 216 valence electrons. The number of alkyl halides is 3. The molecule has 3 heterocycles. The highest BCUT2D eigenvalue weighted by atomic mass is 19.4. The second-order valence-corrected chi connectivity index (χ2v) is 12.0. The molecular formula is C26H31F3N6O5. The van der Waals surface area contributed by atoms with Gasteiger partial charge in [0.2, 0.25) is 17.7 Å². The van der Waals surface area contributed by atoms with Crippen molar-refractivity contribution in [2.45, 2.75) is 58.9 Å². The first kappa shape index (κ1) is 29.0. The first-order valence-corrected chi connectivity index (χ1v) is 12.6. The zero-order valence-electron chi connectivity index (χ0n) is 22.6. The minimum atomic E-state index is -5.21. The molecule has 0 radical (unpaired) electrons. The lowest BCUT2D eigenvalue weighted by Crippen LogP contribution is -2.61. The van der Waals surface area contributed by atoms with E-state index in [0.29, 0.717) is 0 Å². The fraction of sp³-hybridized carbons (Fsp3) is 0.538. The molecule has 1 aliphatic carbocycles. The lowest BCUT2D eigenvalue weighted by atomic mass is 9.85. The largest absolute Gasteiger partial charge is 0.471 e. The molecule has 0 aromatic carbocycles. The SMILES string of the molecule is CC(C)(C)[C@H](NC(=O)C(F)(F)F)C(=O)N1C[C@H]2[C@@H]([C@H]1C(=O)NC(C(N)=O)c1cc(=O)n3ccccc3n1)C2(C)C. The van der Waals surface area contributed by atoms with E-state index in [1.807, 2.05) is 13.8 Å². The van der Waals surface area contributed by atoms with E-state index in [-0.39, 0.29) is 35.1 Å². The molecule has 2 fully saturated rings. The summed E-state index contributed by atoms with van der Waals surface area (Å²) in [4.78, 5) is 69.5. The van der Waals surface area contributed by atoms with Crippen LogP contribution in [0.4, 0.5) is 13.2 Å². The van der Waals surface area contributed by atoms with Gasteiger partial charge in [0.1, 0.15) is 17.7 Å². The summed E-state index contributed by atoms with van der Waals surface area (Å²) in [5.74, 6) is -5.41. The molecule has 40 heavy (non-hydrogen) atoms. The van der Waals surface area contributed by atoms with Gasteiger partial charge in [-0.15, -0.1) is 0 Å². The lowest BCUT2D eigenvalue weighted by Gasteiger charge is -2.38. The number of piperidine rings is 1. The normalized spacial score (nSPS) is 23.2. The minimum absolute atomic E-state index is 0.0693. The molecule has 2 aromatic rings. The van der Waals surface area contributed by atoms with Crippen molar-refractivity contribution in [1.82, 2.24) is 24.9 Å². The third-order valence-corrected chi connectivity index (χ3v) is 7.86. The maximum Gasteiger partial charge on any atom is 0.471 e. The first-order valence-electron chi connectivity index (χ1n) is 12.6. The van der Waals surface area contributed by atoms with E-state index in [1.54, 1.807) is 17.4 Å². The first-order chi connectivity index (χ1) is 18.4. The zero-order valence-corrected chi connectivity index (χ0v) is 22.6. The summed E-state index contributed by atoms with van der Waals surface area (Å²) in [6, 6.07) is 1.56. The number of nitrogens with zero attached hydrogens (tertiary/aromatic N) is 3. The Bertz CT molecular complexity index is 1450. The molecular weight excluding hydrogens is 533 g/mol. The number of hydrogen-bond acceptors (Lipinski definition) is 6. The Labute approximate surface area is 227 Å². The van der Waals surface area contributed by atoms with Crippen molar-refractivity contribution in [2.75, 3.05) is 6.54 Å². The number of nitrogens with two attached hydrogens (primary N) is 1. The van der Waals surface area contributed by atoms with E-state index >= 15 is 0 Å². The van der Waals surface area contributed by atoms with Crippen LogP contribution in [0.3, 0.4) is 0 Å². The van der Waals surface area contributed by atoms with Crippen molar-refractivity contribution in [1.29, 1.82) is 0 Å². The molecule has 4 rings (SSSR count). The summed E-state index contributed by atoms with van der Waals surface area (Å²) < 4.78 is 40.4. The van der Waals surface area contributed by atoms with Crippen LogP contribution in [0.25, 0.3) is 5.65 Å². The Morgan fingerprint density at radius 2 is 1.77 bits per heavy atom. The fourth-order valence-electron chi connectivity index (χ4n) is 5.58. The van der Waals surface area contributed by atoms with Crippen molar-refractivity contribution in [3.05, 3.63) is 46.5 Å². The van der Waals surface area contributed by atoms with Crippen LogP contribution in [0.1, 0.15) is 46.4 Å².